The second kappa shape index (κ2) is 10.0. The van der Waals surface area contributed by atoms with Crippen LogP contribution in [0.2, 0.25) is 0 Å². The Labute approximate surface area is 179 Å². The standard InChI is InChI=1S/C24H34N4O2/c1-16(2)26-24(30)20-13-22(27-21-8-6-5-7-19(20)21)18-11-9-17(10-12-18)14-25-23(29)15-28(3)4/h5-8,13,16-18H,9-12,14-15H2,1-4H3,(H,25,29)(H,26,30). The van der Waals surface area contributed by atoms with E-state index in [2.05, 4.69) is 10.6 Å². The molecule has 1 aromatic heterocycles. The van der Waals surface area contributed by atoms with E-state index in [0.717, 1.165) is 48.8 Å². The zero-order valence-corrected chi connectivity index (χ0v) is 18.6. The van der Waals surface area contributed by atoms with Crippen molar-refractivity contribution in [1.82, 2.24) is 20.5 Å². The Morgan fingerprint density at radius 2 is 1.83 bits per heavy atom. The summed E-state index contributed by atoms with van der Waals surface area (Å²) in [4.78, 5) is 31.5. The lowest BCUT2D eigenvalue weighted by atomic mass is 9.80. The first-order valence-corrected chi connectivity index (χ1v) is 11.0. The lowest BCUT2D eigenvalue weighted by molar-refractivity contribution is -0.121. The summed E-state index contributed by atoms with van der Waals surface area (Å²) in [5, 5.41) is 6.97. The molecule has 1 fully saturated rings. The topological polar surface area (TPSA) is 74.3 Å². The summed E-state index contributed by atoms with van der Waals surface area (Å²) in [5.41, 5.74) is 2.60. The van der Waals surface area contributed by atoms with Crippen molar-refractivity contribution in [1.29, 1.82) is 0 Å². The number of aromatic nitrogens is 1. The highest BCUT2D eigenvalue weighted by Crippen LogP contribution is 2.36. The van der Waals surface area contributed by atoms with Crippen LogP contribution in [0, 0.1) is 5.92 Å². The van der Waals surface area contributed by atoms with Gasteiger partial charge in [-0.1, -0.05) is 18.2 Å². The Kier molecular flexibility index (Phi) is 7.43. The molecule has 2 N–H and O–H groups in total. The van der Waals surface area contributed by atoms with Crippen LogP contribution in [0.3, 0.4) is 0 Å². The minimum absolute atomic E-state index is 0.0397. The van der Waals surface area contributed by atoms with Crippen LogP contribution in [-0.4, -0.2) is 54.9 Å². The second-order valence-corrected chi connectivity index (χ2v) is 9.00. The van der Waals surface area contributed by atoms with E-state index in [0.29, 0.717) is 23.9 Å². The van der Waals surface area contributed by atoms with Crippen LogP contribution < -0.4 is 10.6 Å². The molecule has 0 saturated heterocycles. The molecule has 0 bridgehead atoms. The molecule has 1 heterocycles. The molecule has 0 aliphatic heterocycles. The van der Waals surface area contributed by atoms with E-state index in [1.807, 2.05) is 63.2 Å². The van der Waals surface area contributed by atoms with Gasteiger partial charge in [-0.2, -0.15) is 0 Å². The summed E-state index contributed by atoms with van der Waals surface area (Å²) in [7, 11) is 3.80. The van der Waals surface area contributed by atoms with Gasteiger partial charge in [0.1, 0.15) is 0 Å². The second-order valence-electron chi connectivity index (χ2n) is 9.00. The van der Waals surface area contributed by atoms with Crippen molar-refractivity contribution in [2.75, 3.05) is 27.2 Å². The molecule has 2 amide bonds. The lowest BCUT2D eigenvalue weighted by Gasteiger charge is -2.29. The molecule has 0 spiro atoms. The van der Waals surface area contributed by atoms with Crippen molar-refractivity contribution in [3.63, 3.8) is 0 Å². The van der Waals surface area contributed by atoms with Crippen LogP contribution in [0.4, 0.5) is 0 Å². The number of hydrogen-bond donors (Lipinski definition) is 2. The van der Waals surface area contributed by atoms with Gasteiger partial charge in [-0.25, -0.2) is 0 Å². The van der Waals surface area contributed by atoms with E-state index >= 15 is 0 Å². The molecule has 1 aliphatic rings. The molecule has 162 valence electrons. The number of carbonyl (C=O) groups is 2. The normalized spacial score (nSPS) is 19.3. The number of benzene rings is 1. The Hall–Kier alpha value is -2.47. The first-order chi connectivity index (χ1) is 14.3. The molecule has 0 atom stereocenters. The van der Waals surface area contributed by atoms with Crippen molar-refractivity contribution in [3.8, 4) is 0 Å². The predicted molar refractivity (Wildman–Crippen MR) is 121 cm³/mol. The highest BCUT2D eigenvalue weighted by molar-refractivity contribution is 6.06. The maximum Gasteiger partial charge on any atom is 0.252 e. The highest BCUT2D eigenvalue weighted by Gasteiger charge is 2.25. The third-order valence-corrected chi connectivity index (χ3v) is 5.71. The number of likely N-dealkylation sites (N-methyl/N-ethyl adjacent to an activating group) is 1. The van der Waals surface area contributed by atoms with Crippen molar-refractivity contribution < 1.29 is 9.59 Å². The van der Waals surface area contributed by atoms with Gasteiger partial charge in [-0.3, -0.25) is 14.6 Å². The van der Waals surface area contributed by atoms with Crippen LogP contribution in [0.15, 0.2) is 30.3 Å². The van der Waals surface area contributed by atoms with E-state index < -0.39 is 0 Å². The van der Waals surface area contributed by atoms with E-state index in [4.69, 9.17) is 4.98 Å². The van der Waals surface area contributed by atoms with Gasteiger partial charge in [-0.15, -0.1) is 0 Å². The number of pyridine rings is 1. The molecule has 30 heavy (non-hydrogen) atoms. The Bertz CT molecular complexity index is 886. The van der Waals surface area contributed by atoms with E-state index in [-0.39, 0.29) is 17.9 Å². The fourth-order valence-corrected chi connectivity index (χ4v) is 4.20. The number of hydrogen-bond acceptors (Lipinski definition) is 4. The summed E-state index contributed by atoms with van der Waals surface area (Å²) < 4.78 is 0. The largest absolute Gasteiger partial charge is 0.355 e. The number of rotatable bonds is 7. The number of fused-ring (bicyclic) bond motifs is 1. The van der Waals surface area contributed by atoms with Gasteiger partial charge in [0.15, 0.2) is 0 Å². The summed E-state index contributed by atoms with van der Waals surface area (Å²) in [5.74, 6) is 0.909. The molecule has 1 saturated carbocycles. The number of nitrogens with zero attached hydrogens (tertiary/aromatic N) is 2. The summed E-state index contributed by atoms with van der Waals surface area (Å²) in [6.07, 6.45) is 4.19. The van der Waals surface area contributed by atoms with Gasteiger partial charge in [-0.05, 0) is 71.7 Å². The molecule has 3 rings (SSSR count). The molecule has 1 aliphatic carbocycles. The smallest absolute Gasteiger partial charge is 0.252 e. The fourth-order valence-electron chi connectivity index (χ4n) is 4.20. The van der Waals surface area contributed by atoms with Crippen molar-refractivity contribution in [3.05, 3.63) is 41.6 Å². The van der Waals surface area contributed by atoms with Crippen molar-refractivity contribution in [2.24, 2.45) is 5.92 Å². The van der Waals surface area contributed by atoms with Crippen LogP contribution >= 0.6 is 0 Å². The third kappa shape index (κ3) is 5.79. The molecular formula is C24H34N4O2. The third-order valence-electron chi connectivity index (χ3n) is 5.71. The average Bonchev–Trinajstić information content (AvgIpc) is 2.71. The van der Waals surface area contributed by atoms with Gasteiger partial charge in [0.2, 0.25) is 5.91 Å². The minimum atomic E-state index is -0.0397. The fraction of sp³-hybridized carbons (Fsp3) is 0.542. The number of carbonyl (C=O) groups excluding carboxylic acids is 2. The van der Waals surface area contributed by atoms with Gasteiger partial charge in [0, 0.05) is 29.6 Å². The van der Waals surface area contributed by atoms with Gasteiger partial charge in [0.25, 0.3) is 5.91 Å². The maximum atomic E-state index is 12.8. The van der Waals surface area contributed by atoms with E-state index in [1.54, 1.807) is 0 Å². The van der Waals surface area contributed by atoms with Crippen LogP contribution in [-0.2, 0) is 4.79 Å². The molecule has 2 aromatic rings. The van der Waals surface area contributed by atoms with Crippen LogP contribution in [0.5, 0.6) is 0 Å². The molecule has 0 radical (unpaired) electrons. The first-order valence-electron chi connectivity index (χ1n) is 11.0. The molecule has 0 unspecified atom stereocenters. The van der Waals surface area contributed by atoms with Crippen LogP contribution in [0.1, 0.15) is 61.5 Å². The zero-order valence-electron chi connectivity index (χ0n) is 18.6. The molecule has 6 heteroatoms. The molecule has 1 aromatic carbocycles. The van der Waals surface area contributed by atoms with Gasteiger partial charge < -0.3 is 15.5 Å². The number of amides is 2. The average molecular weight is 411 g/mol. The SMILES string of the molecule is CC(C)NC(=O)c1cc(C2CCC(CNC(=O)CN(C)C)CC2)nc2ccccc12. The first kappa shape index (κ1) is 22.2. The van der Waals surface area contributed by atoms with Crippen LogP contribution in [0.25, 0.3) is 10.9 Å². The number of nitrogens with one attached hydrogen (secondary N) is 2. The van der Waals surface area contributed by atoms with E-state index in [1.165, 1.54) is 0 Å². The number of para-hydroxylation sites is 1. The molecular weight excluding hydrogens is 376 g/mol. The Morgan fingerprint density at radius 1 is 1.13 bits per heavy atom. The Morgan fingerprint density at radius 3 is 2.50 bits per heavy atom. The minimum Gasteiger partial charge on any atom is -0.355 e. The summed E-state index contributed by atoms with van der Waals surface area (Å²) in [6, 6.07) is 9.95. The van der Waals surface area contributed by atoms with Crippen molar-refractivity contribution in [2.45, 2.75) is 51.5 Å². The maximum absolute atomic E-state index is 12.8. The lowest BCUT2D eigenvalue weighted by Crippen LogP contribution is -2.37. The highest BCUT2D eigenvalue weighted by atomic mass is 16.2. The molecule has 6 nitrogen and oxygen atoms in total. The quantitative estimate of drug-likeness (QED) is 0.734. The Balaban J connectivity index is 1.69. The van der Waals surface area contributed by atoms with E-state index in [9.17, 15) is 9.59 Å². The predicted octanol–water partition coefficient (Wildman–Crippen LogP) is 3.32. The monoisotopic (exact) mass is 410 g/mol. The zero-order chi connectivity index (χ0) is 21.7. The van der Waals surface area contributed by atoms with Gasteiger partial charge in [0.05, 0.1) is 17.6 Å². The van der Waals surface area contributed by atoms with Gasteiger partial charge >= 0.3 is 0 Å². The van der Waals surface area contributed by atoms with Crippen molar-refractivity contribution >= 4 is 22.7 Å². The summed E-state index contributed by atoms with van der Waals surface area (Å²) >= 11 is 0. The summed E-state index contributed by atoms with van der Waals surface area (Å²) in [6.45, 7) is 5.12.